The van der Waals surface area contributed by atoms with Crippen LogP contribution in [-0.4, -0.2) is 19.9 Å². The Morgan fingerprint density at radius 3 is 1.75 bits per heavy atom. The fourth-order valence-corrected chi connectivity index (χ4v) is 3.98. The van der Waals surface area contributed by atoms with E-state index in [1.807, 2.05) is 78.9 Å². The number of nitrogens with one attached hydrogen (secondary N) is 2. The minimum Gasteiger partial charge on any atom is -0.398 e. The number of benzene rings is 1. The number of fused-ring (bicyclic) bond motifs is 8. The largest absolute Gasteiger partial charge is 0.398 e. The van der Waals surface area contributed by atoms with Gasteiger partial charge in [0, 0.05) is 55.9 Å². The van der Waals surface area contributed by atoms with E-state index in [-0.39, 0.29) is 17.1 Å². The van der Waals surface area contributed by atoms with Crippen LogP contribution in [0.15, 0.2) is 66.7 Å². The number of nitrogens with two attached hydrogens (primary N) is 1. The smallest absolute Gasteiger partial charge is 0.0658 e. The van der Waals surface area contributed by atoms with Crippen LogP contribution in [0.1, 0.15) is 22.8 Å². The predicted molar refractivity (Wildman–Crippen MR) is 129 cm³/mol. The van der Waals surface area contributed by atoms with Crippen molar-refractivity contribution in [3.05, 3.63) is 89.5 Å². The molecule has 2 aliphatic rings. The fourth-order valence-electron chi connectivity index (χ4n) is 3.98. The number of para-hydroxylation sites is 1. The third kappa shape index (κ3) is 3.78. The molecule has 0 atom stereocenters. The van der Waals surface area contributed by atoms with Gasteiger partial charge in [0.15, 0.2) is 0 Å². The van der Waals surface area contributed by atoms with Crippen LogP contribution in [-0.2, 0) is 17.1 Å². The zero-order valence-corrected chi connectivity index (χ0v) is 17.9. The molecule has 2 aliphatic heterocycles. The zero-order valence-electron chi connectivity index (χ0n) is 16.9. The number of aromatic amines is 2. The summed E-state index contributed by atoms with van der Waals surface area (Å²) >= 11 is 0. The first kappa shape index (κ1) is 20.1. The van der Waals surface area contributed by atoms with Crippen molar-refractivity contribution in [1.82, 2.24) is 19.9 Å². The maximum absolute atomic E-state index is 6.29. The maximum Gasteiger partial charge on any atom is 0.0658 e. The third-order valence-electron chi connectivity index (χ3n) is 5.42. The number of hydrogen-bond acceptors (Lipinski definition) is 3. The monoisotopic (exact) mass is 464 g/mol. The predicted octanol–water partition coefficient (Wildman–Crippen LogP) is 5.90. The summed E-state index contributed by atoms with van der Waals surface area (Å²) in [7, 11) is 0. The molecule has 0 saturated carbocycles. The molecule has 4 aromatic rings. The minimum atomic E-state index is 0. The fraction of sp³-hybridized carbons (Fsp3) is 0. The summed E-state index contributed by atoms with van der Waals surface area (Å²) in [5.41, 5.74) is 16.6. The zero-order chi connectivity index (χ0) is 20.8. The number of nitrogen functional groups attached to an aromatic ring is 1. The Balaban J connectivity index is 0.00000216. The molecular formula is C26H19CuN5. The molecule has 4 N–H and O–H groups in total. The van der Waals surface area contributed by atoms with Gasteiger partial charge in [-0.15, -0.1) is 0 Å². The molecule has 159 valence electrons. The molecule has 0 aliphatic carbocycles. The molecule has 0 amide bonds. The molecular weight excluding hydrogens is 446 g/mol. The molecule has 8 bridgehead atoms. The van der Waals surface area contributed by atoms with Crippen molar-refractivity contribution in [2.24, 2.45) is 0 Å². The number of aromatic nitrogens is 4. The SMILES string of the molecule is Nc1ccccc1-c1cc2cc3nc(cc4ccc(cc5nc(cc1[nH]2)C=C5)[nH]4)C=C3.[Cu]. The third-order valence-corrected chi connectivity index (χ3v) is 5.42. The van der Waals surface area contributed by atoms with Crippen LogP contribution < -0.4 is 5.73 Å². The van der Waals surface area contributed by atoms with Crippen molar-refractivity contribution in [3.8, 4) is 11.1 Å². The van der Waals surface area contributed by atoms with Gasteiger partial charge in [-0.3, -0.25) is 0 Å². The Bertz CT molecular complexity index is 1560. The summed E-state index contributed by atoms with van der Waals surface area (Å²) in [5.74, 6) is 0. The van der Waals surface area contributed by atoms with Crippen molar-refractivity contribution in [2.45, 2.75) is 0 Å². The van der Waals surface area contributed by atoms with Crippen molar-refractivity contribution < 1.29 is 17.1 Å². The van der Waals surface area contributed by atoms with E-state index in [9.17, 15) is 0 Å². The summed E-state index contributed by atoms with van der Waals surface area (Å²) in [4.78, 5) is 16.4. The van der Waals surface area contributed by atoms with Crippen LogP contribution in [0, 0.1) is 0 Å². The van der Waals surface area contributed by atoms with E-state index in [0.29, 0.717) is 0 Å². The number of H-pyrrole nitrogens is 2. The molecule has 32 heavy (non-hydrogen) atoms. The standard InChI is InChI=1S/C26H19N5.Cu/c27-25-4-2-1-3-23(25)24-14-22-13-20-8-7-18(29-20)11-16-5-6-17(28-16)12-19-9-10-21(30-19)15-26(24)31-22;/h1-15,28,31H,27H2;. The molecule has 1 radical (unpaired) electrons. The van der Waals surface area contributed by atoms with Gasteiger partial charge in [-0.05, 0) is 72.8 Å². The second kappa shape index (κ2) is 8.00. The van der Waals surface area contributed by atoms with Crippen LogP contribution in [0.2, 0.25) is 0 Å². The Hall–Kier alpha value is -3.86. The minimum absolute atomic E-state index is 0. The second-order valence-electron chi connectivity index (χ2n) is 7.68. The van der Waals surface area contributed by atoms with Crippen molar-refractivity contribution >= 4 is 52.1 Å². The molecule has 3 aromatic heterocycles. The van der Waals surface area contributed by atoms with Gasteiger partial charge in [-0.1, -0.05) is 18.2 Å². The Labute approximate surface area is 195 Å². The summed E-state index contributed by atoms with van der Waals surface area (Å²) < 4.78 is 0. The summed E-state index contributed by atoms with van der Waals surface area (Å²) in [5, 5.41) is 0. The average molecular weight is 465 g/mol. The molecule has 0 spiro atoms. The summed E-state index contributed by atoms with van der Waals surface area (Å²) in [6, 6.07) is 22.3. The Morgan fingerprint density at radius 2 is 1.12 bits per heavy atom. The van der Waals surface area contributed by atoms with E-state index < -0.39 is 0 Å². The molecule has 0 saturated heterocycles. The van der Waals surface area contributed by atoms with Gasteiger partial charge in [0.1, 0.15) is 0 Å². The topological polar surface area (TPSA) is 83.4 Å². The van der Waals surface area contributed by atoms with Gasteiger partial charge in [0.2, 0.25) is 0 Å². The first-order valence-corrected chi connectivity index (χ1v) is 10.1. The molecule has 0 unspecified atom stereocenters. The van der Waals surface area contributed by atoms with E-state index in [2.05, 4.69) is 22.1 Å². The maximum atomic E-state index is 6.29. The van der Waals surface area contributed by atoms with E-state index >= 15 is 0 Å². The Kier molecular flexibility index (Phi) is 5.02. The molecule has 5 heterocycles. The van der Waals surface area contributed by atoms with Gasteiger partial charge in [-0.25, -0.2) is 9.97 Å². The van der Waals surface area contributed by atoms with Crippen LogP contribution >= 0.6 is 0 Å². The Morgan fingerprint density at radius 1 is 0.562 bits per heavy atom. The molecule has 0 fully saturated rings. The van der Waals surface area contributed by atoms with Crippen LogP contribution in [0.3, 0.4) is 0 Å². The van der Waals surface area contributed by atoms with Crippen molar-refractivity contribution in [3.63, 3.8) is 0 Å². The number of anilines is 1. The summed E-state index contributed by atoms with van der Waals surface area (Å²) in [6.07, 6.45) is 8.08. The van der Waals surface area contributed by atoms with E-state index in [0.717, 1.165) is 61.7 Å². The van der Waals surface area contributed by atoms with Crippen LogP contribution in [0.25, 0.3) is 57.5 Å². The van der Waals surface area contributed by atoms with Crippen molar-refractivity contribution in [1.29, 1.82) is 0 Å². The van der Waals surface area contributed by atoms with Gasteiger partial charge in [-0.2, -0.15) is 0 Å². The first-order chi connectivity index (χ1) is 15.2. The van der Waals surface area contributed by atoms with E-state index in [1.54, 1.807) is 0 Å². The van der Waals surface area contributed by atoms with Gasteiger partial charge in [0.05, 0.1) is 22.8 Å². The quantitative estimate of drug-likeness (QED) is 0.209. The van der Waals surface area contributed by atoms with Gasteiger partial charge >= 0.3 is 0 Å². The van der Waals surface area contributed by atoms with Gasteiger partial charge < -0.3 is 15.7 Å². The second-order valence-corrected chi connectivity index (χ2v) is 7.68. The molecule has 6 rings (SSSR count). The molecule has 5 nitrogen and oxygen atoms in total. The van der Waals surface area contributed by atoms with Crippen LogP contribution in [0.5, 0.6) is 0 Å². The molecule has 6 heteroatoms. The summed E-state index contributed by atoms with van der Waals surface area (Å²) in [6.45, 7) is 0. The van der Waals surface area contributed by atoms with Crippen LogP contribution in [0.4, 0.5) is 5.69 Å². The number of hydrogen-bond donors (Lipinski definition) is 3. The van der Waals surface area contributed by atoms with E-state index in [1.165, 1.54) is 0 Å². The number of rotatable bonds is 1. The molecule has 1 aromatic carbocycles. The van der Waals surface area contributed by atoms with Gasteiger partial charge in [0.25, 0.3) is 0 Å². The first-order valence-electron chi connectivity index (χ1n) is 10.1. The van der Waals surface area contributed by atoms with E-state index in [4.69, 9.17) is 15.7 Å². The average Bonchev–Trinajstić information content (AvgIpc) is 3.53. The normalized spacial score (nSPS) is 12.0. The number of nitrogens with zero attached hydrogens (tertiary/aromatic N) is 2. The van der Waals surface area contributed by atoms with Crippen molar-refractivity contribution in [2.75, 3.05) is 5.73 Å².